The monoisotopic (exact) mass is 250 g/mol. The topological polar surface area (TPSA) is 119 Å². The number of rotatable bonds is 5. The van der Waals surface area contributed by atoms with E-state index < -0.39 is 0 Å². The second-order valence-electron chi connectivity index (χ2n) is 3.72. The number of nitrogens with two attached hydrogens (primary N) is 1. The van der Waals surface area contributed by atoms with Crippen molar-refractivity contribution in [3.63, 3.8) is 0 Å². The first kappa shape index (κ1) is 12.0. The van der Waals surface area contributed by atoms with Crippen molar-refractivity contribution in [3.05, 3.63) is 12.2 Å². The minimum atomic E-state index is 0.175. The minimum absolute atomic E-state index is 0.175. The van der Waals surface area contributed by atoms with Crippen LogP contribution in [0.3, 0.4) is 0 Å². The van der Waals surface area contributed by atoms with Crippen molar-refractivity contribution in [2.24, 2.45) is 0 Å². The van der Waals surface area contributed by atoms with Crippen LogP contribution in [0.1, 0.15) is 5.89 Å². The van der Waals surface area contributed by atoms with E-state index in [1.807, 2.05) is 14.1 Å². The molecule has 0 unspecified atom stereocenters. The SMILES string of the molecule is CN(C)c1nc(N)nc(NCCc2ncno2)n1. The molecule has 2 aromatic heterocycles. The summed E-state index contributed by atoms with van der Waals surface area (Å²) < 4.78 is 4.87. The van der Waals surface area contributed by atoms with E-state index in [4.69, 9.17) is 10.3 Å². The summed E-state index contributed by atoms with van der Waals surface area (Å²) >= 11 is 0. The molecule has 0 aliphatic heterocycles. The van der Waals surface area contributed by atoms with Crippen molar-refractivity contribution in [1.29, 1.82) is 0 Å². The van der Waals surface area contributed by atoms with Crippen LogP contribution < -0.4 is 16.0 Å². The van der Waals surface area contributed by atoms with Crippen LogP contribution in [0.4, 0.5) is 17.8 Å². The van der Waals surface area contributed by atoms with Gasteiger partial charge < -0.3 is 20.5 Å². The number of aromatic nitrogens is 5. The van der Waals surface area contributed by atoms with Gasteiger partial charge in [-0.3, -0.25) is 0 Å². The van der Waals surface area contributed by atoms with Gasteiger partial charge in [0, 0.05) is 27.1 Å². The van der Waals surface area contributed by atoms with Crippen LogP contribution in [0.2, 0.25) is 0 Å². The van der Waals surface area contributed by atoms with Crippen molar-refractivity contribution >= 4 is 17.8 Å². The predicted octanol–water partition coefficient (Wildman–Crippen LogP) is -0.443. The Morgan fingerprint density at radius 1 is 1.33 bits per heavy atom. The molecule has 0 atom stereocenters. The molecular weight excluding hydrogens is 236 g/mol. The van der Waals surface area contributed by atoms with E-state index >= 15 is 0 Å². The zero-order chi connectivity index (χ0) is 13.0. The van der Waals surface area contributed by atoms with E-state index in [0.717, 1.165) is 0 Å². The summed E-state index contributed by atoms with van der Waals surface area (Å²) in [5.74, 6) is 1.65. The Balaban J connectivity index is 1.96. The molecule has 9 heteroatoms. The van der Waals surface area contributed by atoms with Gasteiger partial charge in [-0.25, -0.2) is 0 Å². The van der Waals surface area contributed by atoms with Crippen molar-refractivity contribution in [3.8, 4) is 0 Å². The Morgan fingerprint density at radius 3 is 2.83 bits per heavy atom. The minimum Gasteiger partial charge on any atom is -0.368 e. The molecular formula is C9H14N8O. The van der Waals surface area contributed by atoms with E-state index in [2.05, 4.69) is 30.4 Å². The predicted molar refractivity (Wildman–Crippen MR) is 65.1 cm³/mol. The third-order valence-electron chi connectivity index (χ3n) is 2.07. The fourth-order valence-electron chi connectivity index (χ4n) is 1.25. The first-order valence-corrected chi connectivity index (χ1v) is 5.33. The number of anilines is 3. The summed E-state index contributed by atoms with van der Waals surface area (Å²) in [5, 5.41) is 6.54. The first-order valence-electron chi connectivity index (χ1n) is 5.33. The van der Waals surface area contributed by atoms with Gasteiger partial charge in [0.1, 0.15) is 0 Å². The van der Waals surface area contributed by atoms with Gasteiger partial charge in [0.2, 0.25) is 23.7 Å². The zero-order valence-corrected chi connectivity index (χ0v) is 10.2. The van der Waals surface area contributed by atoms with Gasteiger partial charge in [0.25, 0.3) is 0 Å². The second-order valence-corrected chi connectivity index (χ2v) is 3.72. The van der Waals surface area contributed by atoms with Crippen LogP contribution in [-0.2, 0) is 6.42 Å². The maximum absolute atomic E-state index is 5.59. The van der Waals surface area contributed by atoms with Crippen molar-refractivity contribution < 1.29 is 4.52 Å². The van der Waals surface area contributed by atoms with Crippen LogP contribution in [0.15, 0.2) is 10.9 Å². The largest absolute Gasteiger partial charge is 0.368 e. The summed E-state index contributed by atoms with van der Waals surface area (Å²) in [5.41, 5.74) is 5.59. The van der Waals surface area contributed by atoms with E-state index in [1.54, 1.807) is 4.90 Å². The normalized spacial score (nSPS) is 10.3. The summed E-state index contributed by atoms with van der Waals surface area (Å²) in [6, 6.07) is 0. The highest BCUT2D eigenvalue weighted by molar-refractivity contribution is 5.40. The molecule has 3 N–H and O–H groups in total. The first-order chi connectivity index (χ1) is 8.65. The van der Waals surface area contributed by atoms with E-state index in [0.29, 0.717) is 30.8 Å². The lowest BCUT2D eigenvalue weighted by Crippen LogP contribution is -2.17. The van der Waals surface area contributed by atoms with E-state index in [9.17, 15) is 0 Å². The highest BCUT2D eigenvalue weighted by atomic mass is 16.5. The fourth-order valence-corrected chi connectivity index (χ4v) is 1.25. The molecule has 0 aliphatic carbocycles. The van der Waals surface area contributed by atoms with E-state index in [-0.39, 0.29) is 5.95 Å². The van der Waals surface area contributed by atoms with E-state index in [1.165, 1.54) is 6.33 Å². The molecule has 0 saturated heterocycles. The Kier molecular flexibility index (Phi) is 3.51. The van der Waals surface area contributed by atoms with Crippen LogP contribution in [0, 0.1) is 0 Å². The molecule has 0 spiro atoms. The molecule has 9 nitrogen and oxygen atoms in total. The maximum atomic E-state index is 5.59. The molecule has 2 rings (SSSR count). The quantitative estimate of drug-likeness (QED) is 0.727. The van der Waals surface area contributed by atoms with Gasteiger partial charge in [0.15, 0.2) is 6.33 Å². The Labute approximate surface area is 103 Å². The van der Waals surface area contributed by atoms with Crippen molar-refractivity contribution in [2.45, 2.75) is 6.42 Å². The van der Waals surface area contributed by atoms with Crippen LogP contribution >= 0.6 is 0 Å². The number of nitrogens with zero attached hydrogens (tertiary/aromatic N) is 6. The number of hydrogen-bond acceptors (Lipinski definition) is 9. The number of nitrogens with one attached hydrogen (secondary N) is 1. The molecule has 2 heterocycles. The molecule has 0 saturated carbocycles. The lowest BCUT2D eigenvalue weighted by Gasteiger charge is -2.11. The lowest BCUT2D eigenvalue weighted by atomic mass is 10.4. The van der Waals surface area contributed by atoms with Crippen LogP contribution in [0.25, 0.3) is 0 Å². The summed E-state index contributed by atoms with van der Waals surface area (Å²) in [7, 11) is 3.66. The third-order valence-corrected chi connectivity index (χ3v) is 2.07. The summed E-state index contributed by atoms with van der Waals surface area (Å²) in [6.45, 7) is 0.568. The average Bonchev–Trinajstić information content (AvgIpc) is 2.81. The average molecular weight is 250 g/mol. The molecule has 0 aliphatic rings. The van der Waals surface area contributed by atoms with Gasteiger partial charge in [-0.1, -0.05) is 5.16 Å². The fraction of sp³-hybridized carbons (Fsp3) is 0.444. The van der Waals surface area contributed by atoms with Gasteiger partial charge in [-0.15, -0.1) is 0 Å². The molecule has 0 aromatic carbocycles. The van der Waals surface area contributed by atoms with Gasteiger partial charge in [-0.2, -0.15) is 19.9 Å². The van der Waals surface area contributed by atoms with Crippen LogP contribution in [-0.4, -0.2) is 45.7 Å². The zero-order valence-electron chi connectivity index (χ0n) is 10.2. The van der Waals surface area contributed by atoms with Gasteiger partial charge in [0.05, 0.1) is 0 Å². The number of nitrogen functional groups attached to an aromatic ring is 1. The molecule has 2 aromatic rings. The Hall–Kier alpha value is -2.45. The second kappa shape index (κ2) is 5.25. The molecule has 0 bridgehead atoms. The molecule has 96 valence electrons. The standard InChI is InChI=1S/C9H14N8O/c1-17(2)9-15-7(10)14-8(16-9)11-4-3-6-12-5-13-18-6/h5H,3-4H2,1-2H3,(H3,10,11,14,15,16). The third kappa shape index (κ3) is 3.03. The summed E-state index contributed by atoms with van der Waals surface area (Å²) in [6.07, 6.45) is 1.95. The number of hydrogen-bond donors (Lipinski definition) is 2. The smallest absolute Gasteiger partial charge is 0.231 e. The van der Waals surface area contributed by atoms with Crippen molar-refractivity contribution in [1.82, 2.24) is 25.1 Å². The maximum Gasteiger partial charge on any atom is 0.231 e. The molecule has 18 heavy (non-hydrogen) atoms. The highest BCUT2D eigenvalue weighted by Crippen LogP contribution is 2.08. The Bertz CT molecular complexity index is 497. The van der Waals surface area contributed by atoms with Gasteiger partial charge >= 0.3 is 0 Å². The van der Waals surface area contributed by atoms with Crippen molar-refractivity contribution in [2.75, 3.05) is 36.6 Å². The lowest BCUT2D eigenvalue weighted by molar-refractivity contribution is 0.379. The highest BCUT2D eigenvalue weighted by Gasteiger charge is 2.06. The Morgan fingerprint density at radius 2 is 2.17 bits per heavy atom. The summed E-state index contributed by atoms with van der Waals surface area (Å²) in [4.78, 5) is 17.8. The molecule has 0 radical (unpaired) electrons. The van der Waals surface area contributed by atoms with Crippen LogP contribution in [0.5, 0.6) is 0 Å². The van der Waals surface area contributed by atoms with Gasteiger partial charge in [-0.05, 0) is 0 Å². The molecule has 0 amide bonds. The molecule has 0 fully saturated rings.